The van der Waals surface area contributed by atoms with Crippen LogP contribution >= 0.6 is 15.9 Å². The number of carbonyl (C=O) groups excluding carboxylic acids is 4. The molecule has 0 atom stereocenters. The molecule has 0 bridgehead atoms. The average Bonchev–Trinajstić information content (AvgIpc) is 1.98. The van der Waals surface area contributed by atoms with Gasteiger partial charge in [-0.25, -0.2) is 9.97 Å². The molecule has 4 N–H and O–H groups in total. The number of amides is 4. The molecule has 2 aromatic heterocycles. The summed E-state index contributed by atoms with van der Waals surface area (Å²) in [5.41, 5.74) is 4.44. The molecule has 16 nitrogen and oxygen atoms in total. The quantitative estimate of drug-likeness (QED) is 0.0639. The van der Waals surface area contributed by atoms with Gasteiger partial charge in [0, 0.05) is 40.6 Å². The summed E-state index contributed by atoms with van der Waals surface area (Å²) >= 11 is 3.43. The van der Waals surface area contributed by atoms with Crippen LogP contribution in [0.3, 0.4) is 0 Å². The Morgan fingerprint density at radius 1 is 0.548 bits per heavy atom. The lowest BCUT2D eigenvalue weighted by atomic mass is 9.78. The number of anilines is 2. The molecule has 6 aromatic carbocycles. The second kappa shape index (κ2) is 19.8. The predicted octanol–water partition coefficient (Wildman–Crippen LogP) is 11.4. The molecule has 15 rings (SSSR count). The SMILES string of the molecule is CC1(C)OB(c2ccc3c(c2)C(=O)NC3)OC1(C)C.O=C(Nc1cc2ccccc2c(Br)n1)C1(c2ccc3c(c2)OC(F)(F)O3)CC1.O=C1NCc2ccc(-c3nc(NC(=O)C4(c5ccc6c(c5)OC(F)(F)O6)CC4)cc4ccccc34)cc21. The Hall–Kier alpha value is -8.60. The minimum atomic E-state index is -3.72. The molecule has 8 aromatic rings. The Labute approximate surface area is 486 Å². The van der Waals surface area contributed by atoms with Crippen molar-refractivity contribution in [3.8, 4) is 34.3 Å². The van der Waals surface area contributed by atoms with Crippen molar-refractivity contribution in [1.82, 2.24) is 20.6 Å². The number of nitrogens with one attached hydrogen (secondary N) is 4. The van der Waals surface area contributed by atoms with Gasteiger partial charge < -0.3 is 49.5 Å². The molecule has 1 saturated heterocycles. The summed E-state index contributed by atoms with van der Waals surface area (Å²) in [6.07, 6.45) is -5.04. The summed E-state index contributed by atoms with van der Waals surface area (Å²) in [6, 6.07) is 39.4. The molecular weight excluding hydrogens is 1160 g/mol. The van der Waals surface area contributed by atoms with E-state index in [0.717, 1.165) is 49.3 Å². The number of ether oxygens (including phenoxy) is 4. The molecule has 0 unspecified atom stereocenters. The number of alkyl halides is 4. The van der Waals surface area contributed by atoms with Crippen molar-refractivity contribution >= 4 is 85.3 Å². The third-order valence-electron chi connectivity index (χ3n) is 16.6. The van der Waals surface area contributed by atoms with E-state index in [9.17, 15) is 36.7 Å². The largest absolute Gasteiger partial charge is 0.586 e. The van der Waals surface area contributed by atoms with Gasteiger partial charge in [0.05, 0.1) is 27.7 Å². The van der Waals surface area contributed by atoms with Crippen LogP contribution in [0, 0.1) is 0 Å². The first-order chi connectivity index (χ1) is 40.0. The van der Waals surface area contributed by atoms with Crippen LogP contribution < -0.4 is 45.7 Å². The van der Waals surface area contributed by atoms with Crippen LogP contribution in [-0.4, -0.2) is 64.5 Å². The summed E-state index contributed by atoms with van der Waals surface area (Å²) in [4.78, 5) is 59.6. The van der Waals surface area contributed by atoms with E-state index in [1.807, 2.05) is 113 Å². The lowest BCUT2D eigenvalue weighted by Gasteiger charge is -2.32. The Balaban J connectivity index is 0.000000124. The van der Waals surface area contributed by atoms with Crippen molar-refractivity contribution in [3.63, 3.8) is 0 Å². The molecule has 22 heteroatoms. The lowest BCUT2D eigenvalue weighted by Crippen LogP contribution is -2.41. The van der Waals surface area contributed by atoms with Crippen molar-refractivity contribution in [2.75, 3.05) is 10.6 Å². The first-order valence-electron chi connectivity index (χ1n) is 27.0. The van der Waals surface area contributed by atoms with Crippen LogP contribution in [0.4, 0.5) is 29.2 Å². The smallest absolute Gasteiger partial charge is 0.399 e. The van der Waals surface area contributed by atoms with Gasteiger partial charge in [0.25, 0.3) is 11.8 Å². The van der Waals surface area contributed by atoms with Gasteiger partial charge in [0.15, 0.2) is 23.0 Å². The van der Waals surface area contributed by atoms with Crippen molar-refractivity contribution in [1.29, 1.82) is 0 Å². The second-order valence-electron chi connectivity index (χ2n) is 22.6. The highest BCUT2D eigenvalue weighted by molar-refractivity contribution is 9.10. The highest BCUT2D eigenvalue weighted by Gasteiger charge is 2.55. The van der Waals surface area contributed by atoms with E-state index in [0.29, 0.717) is 77.4 Å². The molecule has 0 spiro atoms. The summed E-state index contributed by atoms with van der Waals surface area (Å²) in [6.45, 7) is 9.19. The van der Waals surface area contributed by atoms with Crippen LogP contribution in [-0.2, 0) is 42.8 Å². The van der Waals surface area contributed by atoms with E-state index in [1.165, 1.54) is 24.3 Å². The fourth-order valence-electron chi connectivity index (χ4n) is 10.9. The predicted molar refractivity (Wildman–Crippen MR) is 305 cm³/mol. The number of pyridine rings is 2. The zero-order valence-electron chi connectivity index (χ0n) is 45.4. The van der Waals surface area contributed by atoms with Gasteiger partial charge in [-0.2, -0.15) is 0 Å². The van der Waals surface area contributed by atoms with Gasteiger partial charge in [-0.3, -0.25) is 19.2 Å². The van der Waals surface area contributed by atoms with Gasteiger partial charge in [-0.15, -0.1) is 17.6 Å². The van der Waals surface area contributed by atoms with Crippen molar-refractivity contribution < 1.29 is 65.0 Å². The molecule has 84 heavy (non-hydrogen) atoms. The fraction of sp³-hybridized carbons (Fsp3) is 0.258. The minimum absolute atomic E-state index is 0.0200. The van der Waals surface area contributed by atoms with Crippen LogP contribution in [0.15, 0.2) is 138 Å². The molecule has 5 aliphatic heterocycles. The summed E-state index contributed by atoms with van der Waals surface area (Å²) in [7, 11) is -0.413. The fourth-order valence-corrected chi connectivity index (χ4v) is 11.5. The number of hydrogen-bond donors (Lipinski definition) is 4. The molecule has 426 valence electrons. The number of benzene rings is 6. The number of rotatable bonds is 8. The Bertz CT molecular complexity index is 4110. The number of hydrogen-bond acceptors (Lipinski definition) is 12. The second-order valence-corrected chi connectivity index (χ2v) is 23.3. The maximum atomic E-state index is 13.5. The number of carbonyl (C=O) groups is 4. The third-order valence-corrected chi connectivity index (χ3v) is 17.2. The molecule has 4 amide bonds. The number of halogens is 5. The van der Waals surface area contributed by atoms with Crippen LogP contribution in [0.1, 0.15) is 96.3 Å². The number of aromatic nitrogens is 2. The zero-order chi connectivity index (χ0) is 58.7. The first-order valence-corrected chi connectivity index (χ1v) is 27.8. The van der Waals surface area contributed by atoms with Crippen LogP contribution in [0.25, 0.3) is 32.8 Å². The highest BCUT2D eigenvalue weighted by atomic mass is 79.9. The summed E-state index contributed by atoms with van der Waals surface area (Å²) in [5.74, 6) is -0.110. The maximum Gasteiger partial charge on any atom is 0.586 e. The molecule has 0 radical (unpaired) electrons. The van der Waals surface area contributed by atoms with E-state index >= 15 is 0 Å². The maximum absolute atomic E-state index is 13.5. The normalized spacial score (nSPS) is 19.2. The standard InChI is InChI=1S/C28H19F2N3O4.C20H13BrF2N2O3.C14H18BNO3/c29-28(30)36-21-8-7-18(13-22(21)37-28)27(9-10-27)26(35)33-23-12-15-3-1-2-4-19(15)24(32-23)16-5-6-17-14-31-25(34)20(17)11-16;21-17-13-4-2-1-3-11(13)9-16(24-17)25-18(26)19(7-8-19)12-5-6-14-15(10-12)28-20(22,23)27-14;1-13(2)14(3,4)19-15(18-13)10-6-5-9-8-16-12(17)11(9)7-10/h1-8,11-13H,9-10,14H2,(H,31,34)(H,32,33,35);1-6,9-10H,7-8H2,(H,24,25,26);5-7H,8H2,1-4H3,(H,16,17). The zero-order valence-corrected chi connectivity index (χ0v) is 47.0. The van der Waals surface area contributed by atoms with Gasteiger partial charge in [0.1, 0.15) is 16.2 Å². The Kier molecular flexibility index (Phi) is 12.9. The van der Waals surface area contributed by atoms with Gasteiger partial charge in [-0.05, 0) is 156 Å². The number of nitrogens with zero attached hydrogens (tertiary/aromatic N) is 2. The van der Waals surface area contributed by atoms with E-state index in [2.05, 4.69) is 61.1 Å². The van der Waals surface area contributed by atoms with E-state index < -0.39 is 30.5 Å². The average molecular weight is 1210 g/mol. The Morgan fingerprint density at radius 2 is 1.01 bits per heavy atom. The first kappa shape index (κ1) is 54.6. The third kappa shape index (κ3) is 9.98. The molecule has 2 aliphatic carbocycles. The van der Waals surface area contributed by atoms with Gasteiger partial charge in [0.2, 0.25) is 11.8 Å². The monoisotopic (exact) mass is 1200 g/mol. The molecule has 3 fully saturated rings. The van der Waals surface area contributed by atoms with Crippen molar-refractivity contribution in [2.24, 2.45) is 0 Å². The topological polar surface area (TPSA) is 198 Å². The van der Waals surface area contributed by atoms with Crippen LogP contribution in [0.5, 0.6) is 23.0 Å². The Morgan fingerprint density at radius 3 is 1.55 bits per heavy atom. The van der Waals surface area contributed by atoms with E-state index in [1.54, 1.807) is 24.3 Å². The van der Waals surface area contributed by atoms with Crippen molar-refractivity contribution in [3.05, 3.63) is 171 Å². The summed E-state index contributed by atoms with van der Waals surface area (Å²) < 4.78 is 84.1. The molecule has 7 heterocycles. The molecule has 7 aliphatic rings. The van der Waals surface area contributed by atoms with E-state index in [-0.39, 0.29) is 57.8 Å². The number of fused-ring (bicyclic) bond motifs is 6. The van der Waals surface area contributed by atoms with Gasteiger partial charge in [-0.1, -0.05) is 84.9 Å². The van der Waals surface area contributed by atoms with E-state index in [4.69, 9.17) is 14.3 Å². The molecule has 2 saturated carbocycles. The summed E-state index contributed by atoms with van der Waals surface area (Å²) in [5, 5.41) is 15.1. The minimum Gasteiger partial charge on any atom is -0.399 e. The van der Waals surface area contributed by atoms with Gasteiger partial charge >= 0.3 is 19.7 Å². The highest BCUT2D eigenvalue weighted by Crippen LogP contribution is 2.54. The molecular formula is C62H50BBrF4N6O10. The lowest BCUT2D eigenvalue weighted by molar-refractivity contribution is -0.287. The van der Waals surface area contributed by atoms with Crippen molar-refractivity contribution in [2.45, 2.75) is 101 Å². The van der Waals surface area contributed by atoms with Crippen LogP contribution in [0.2, 0.25) is 0 Å².